The van der Waals surface area contributed by atoms with Gasteiger partial charge in [0.15, 0.2) is 5.13 Å². The van der Waals surface area contributed by atoms with Gasteiger partial charge in [0, 0.05) is 5.56 Å². The number of amidine groups is 1. The Hall–Kier alpha value is -4.55. The van der Waals surface area contributed by atoms with Crippen LogP contribution in [0.2, 0.25) is 0 Å². The van der Waals surface area contributed by atoms with E-state index >= 15 is 0 Å². The van der Waals surface area contributed by atoms with Crippen molar-refractivity contribution in [2.75, 3.05) is 4.90 Å². The lowest BCUT2D eigenvalue weighted by Gasteiger charge is -2.14. The van der Waals surface area contributed by atoms with Gasteiger partial charge in [0.05, 0.1) is 10.2 Å². The maximum atomic E-state index is 13.8. The second-order valence-corrected chi connectivity index (χ2v) is 9.87. The number of aliphatic imine (C=N–C) groups is 1. The zero-order chi connectivity index (χ0) is 25.4. The van der Waals surface area contributed by atoms with E-state index in [-0.39, 0.29) is 5.91 Å². The summed E-state index contributed by atoms with van der Waals surface area (Å²) in [6.45, 7) is 4.16. The predicted molar refractivity (Wildman–Crippen MR) is 150 cm³/mol. The number of fused-ring (bicyclic) bond motifs is 1. The van der Waals surface area contributed by atoms with Crippen LogP contribution in [0.5, 0.6) is 11.5 Å². The second kappa shape index (κ2) is 9.48. The van der Waals surface area contributed by atoms with Crippen LogP contribution in [0.1, 0.15) is 22.3 Å². The molecule has 4 aromatic carbocycles. The number of thiazole rings is 1. The number of rotatable bonds is 5. The number of hydrogen-bond donors (Lipinski definition) is 0. The summed E-state index contributed by atoms with van der Waals surface area (Å²) in [5.41, 5.74) is 5.28. The van der Waals surface area contributed by atoms with Gasteiger partial charge in [0.25, 0.3) is 5.91 Å². The lowest BCUT2D eigenvalue weighted by molar-refractivity contribution is -0.113. The number of hydrogen-bond acceptors (Lipinski definition) is 5. The number of carbonyl (C=O) groups excluding carboxylic acids is 1. The van der Waals surface area contributed by atoms with Crippen molar-refractivity contribution >= 4 is 44.5 Å². The van der Waals surface area contributed by atoms with Gasteiger partial charge in [-0.25, -0.2) is 14.9 Å². The highest BCUT2D eigenvalue weighted by Crippen LogP contribution is 2.35. The third-order valence-corrected chi connectivity index (χ3v) is 7.22. The molecule has 5 aromatic rings. The third-order valence-electron chi connectivity index (χ3n) is 6.22. The Morgan fingerprint density at radius 2 is 1.51 bits per heavy atom. The maximum absolute atomic E-state index is 13.8. The van der Waals surface area contributed by atoms with E-state index in [1.165, 1.54) is 22.5 Å². The molecule has 6 heteroatoms. The summed E-state index contributed by atoms with van der Waals surface area (Å²) in [6.07, 6.45) is 1.80. The van der Waals surface area contributed by atoms with Gasteiger partial charge < -0.3 is 4.74 Å². The Labute approximate surface area is 219 Å². The highest BCUT2D eigenvalue weighted by molar-refractivity contribution is 7.22. The van der Waals surface area contributed by atoms with E-state index in [4.69, 9.17) is 14.7 Å². The summed E-state index contributed by atoms with van der Waals surface area (Å²) in [5.74, 6) is 1.80. The van der Waals surface area contributed by atoms with Gasteiger partial charge >= 0.3 is 0 Å². The van der Waals surface area contributed by atoms with Crippen LogP contribution in [0, 0.1) is 13.8 Å². The molecule has 180 valence electrons. The van der Waals surface area contributed by atoms with Crippen LogP contribution < -0.4 is 9.64 Å². The molecule has 0 spiro atoms. The number of amides is 1. The van der Waals surface area contributed by atoms with E-state index in [2.05, 4.69) is 26.0 Å². The van der Waals surface area contributed by atoms with Gasteiger partial charge in [0.2, 0.25) is 0 Å². The molecular weight excluding hydrogens is 478 g/mol. The monoisotopic (exact) mass is 501 g/mol. The topological polar surface area (TPSA) is 54.8 Å². The van der Waals surface area contributed by atoms with Crippen LogP contribution in [0.25, 0.3) is 16.3 Å². The molecule has 1 aromatic heterocycles. The lowest BCUT2D eigenvalue weighted by atomic mass is 10.1. The van der Waals surface area contributed by atoms with E-state index in [1.54, 1.807) is 11.0 Å². The van der Waals surface area contributed by atoms with Crippen LogP contribution in [-0.2, 0) is 4.79 Å². The molecule has 0 bridgehead atoms. The summed E-state index contributed by atoms with van der Waals surface area (Å²) < 4.78 is 7.02. The van der Waals surface area contributed by atoms with Crippen molar-refractivity contribution in [3.8, 4) is 11.5 Å². The molecule has 6 rings (SSSR count). The van der Waals surface area contributed by atoms with Crippen molar-refractivity contribution in [2.24, 2.45) is 4.99 Å². The second-order valence-electron chi connectivity index (χ2n) is 8.86. The minimum absolute atomic E-state index is 0.208. The number of para-hydroxylation sites is 1. The van der Waals surface area contributed by atoms with Crippen molar-refractivity contribution < 1.29 is 9.53 Å². The smallest absolute Gasteiger partial charge is 0.284 e. The molecule has 0 saturated heterocycles. The Kier molecular flexibility index (Phi) is 5.87. The standard InChI is InChI=1S/C31H23N3O2S/c1-20-16-26-28(17-21(20)2)37-31(33-26)34-29(23-11-5-3-6-12-23)32-27(30(34)35)19-22-10-9-15-25(18-22)36-24-13-7-4-8-14-24/h3-19H,1-2H3. The molecule has 5 nitrogen and oxygen atoms in total. The lowest BCUT2D eigenvalue weighted by Crippen LogP contribution is -2.32. The number of nitrogens with zero attached hydrogens (tertiary/aromatic N) is 3. The number of ether oxygens (including phenoxy) is 1. The Morgan fingerprint density at radius 1 is 0.811 bits per heavy atom. The van der Waals surface area contributed by atoms with Gasteiger partial charge in [-0.3, -0.25) is 4.79 Å². The van der Waals surface area contributed by atoms with E-state index in [0.29, 0.717) is 22.4 Å². The first-order valence-corrected chi connectivity index (χ1v) is 12.8. The summed E-state index contributed by atoms with van der Waals surface area (Å²) in [7, 11) is 0. The SMILES string of the molecule is Cc1cc2nc(N3C(=O)C(=Cc4cccc(Oc5ccccc5)c4)N=C3c3ccccc3)sc2cc1C. The van der Waals surface area contributed by atoms with Gasteiger partial charge in [-0.2, -0.15) is 0 Å². The fraction of sp³-hybridized carbons (Fsp3) is 0.0645. The van der Waals surface area contributed by atoms with Crippen molar-refractivity contribution in [1.82, 2.24) is 4.98 Å². The molecule has 37 heavy (non-hydrogen) atoms. The van der Waals surface area contributed by atoms with Gasteiger partial charge in [-0.15, -0.1) is 0 Å². The molecule has 0 fully saturated rings. The first-order valence-electron chi connectivity index (χ1n) is 12.0. The van der Waals surface area contributed by atoms with E-state index in [1.807, 2.05) is 84.9 Å². The minimum Gasteiger partial charge on any atom is -0.457 e. The van der Waals surface area contributed by atoms with Crippen molar-refractivity contribution in [3.63, 3.8) is 0 Å². The highest BCUT2D eigenvalue weighted by atomic mass is 32.1. The van der Waals surface area contributed by atoms with Crippen LogP contribution in [0.15, 0.2) is 108 Å². The van der Waals surface area contributed by atoms with E-state index in [0.717, 1.165) is 27.1 Å². The first-order chi connectivity index (χ1) is 18.0. The fourth-order valence-electron chi connectivity index (χ4n) is 4.19. The number of aromatic nitrogens is 1. The van der Waals surface area contributed by atoms with Gasteiger partial charge in [-0.05, 0) is 73.0 Å². The number of benzene rings is 4. The summed E-state index contributed by atoms with van der Waals surface area (Å²) in [5, 5.41) is 0.608. The zero-order valence-corrected chi connectivity index (χ0v) is 21.2. The maximum Gasteiger partial charge on any atom is 0.284 e. The van der Waals surface area contributed by atoms with Crippen LogP contribution >= 0.6 is 11.3 Å². The van der Waals surface area contributed by atoms with Crippen molar-refractivity contribution in [3.05, 3.63) is 125 Å². The average molecular weight is 502 g/mol. The zero-order valence-electron chi connectivity index (χ0n) is 20.4. The van der Waals surface area contributed by atoms with Crippen molar-refractivity contribution in [2.45, 2.75) is 13.8 Å². The molecule has 1 aliphatic rings. The molecule has 0 unspecified atom stereocenters. The van der Waals surface area contributed by atoms with E-state index in [9.17, 15) is 4.79 Å². The molecule has 0 N–H and O–H groups in total. The molecule has 0 saturated carbocycles. The molecule has 1 aliphatic heterocycles. The molecule has 0 aliphatic carbocycles. The quantitative estimate of drug-likeness (QED) is 0.234. The number of carbonyl (C=O) groups is 1. The normalized spacial score (nSPS) is 14.4. The minimum atomic E-state index is -0.208. The summed E-state index contributed by atoms with van der Waals surface area (Å²) in [6, 6.07) is 31.2. The summed E-state index contributed by atoms with van der Waals surface area (Å²) in [4.78, 5) is 25.0. The van der Waals surface area contributed by atoms with Crippen LogP contribution in [0.3, 0.4) is 0 Å². The van der Waals surface area contributed by atoms with Crippen molar-refractivity contribution in [1.29, 1.82) is 0 Å². The average Bonchev–Trinajstić information content (AvgIpc) is 3.45. The predicted octanol–water partition coefficient (Wildman–Crippen LogP) is 7.54. The molecule has 0 atom stereocenters. The Morgan fingerprint density at radius 3 is 2.30 bits per heavy atom. The molecule has 2 heterocycles. The first kappa shape index (κ1) is 22.9. The molecule has 1 amide bonds. The Balaban J connectivity index is 1.40. The summed E-state index contributed by atoms with van der Waals surface area (Å²) >= 11 is 1.50. The highest BCUT2D eigenvalue weighted by Gasteiger charge is 2.34. The van der Waals surface area contributed by atoms with Gasteiger partial charge in [-0.1, -0.05) is 72.0 Å². The van der Waals surface area contributed by atoms with Gasteiger partial charge in [0.1, 0.15) is 23.0 Å². The largest absolute Gasteiger partial charge is 0.457 e. The molecular formula is C31H23N3O2S. The number of aryl methyl sites for hydroxylation is 2. The fourth-order valence-corrected chi connectivity index (χ4v) is 5.23. The van der Waals surface area contributed by atoms with E-state index < -0.39 is 0 Å². The third kappa shape index (κ3) is 4.55. The Bertz CT molecular complexity index is 1650. The molecule has 0 radical (unpaired) electrons. The van der Waals surface area contributed by atoms with Crippen LogP contribution in [0.4, 0.5) is 5.13 Å². The van der Waals surface area contributed by atoms with Crippen LogP contribution in [-0.4, -0.2) is 16.7 Å². The number of anilines is 1.